The number of nitrogens with zero attached hydrogens (tertiary/aromatic N) is 2. The molecule has 0 aromatic carbocycles. The van der Waals surface area contributed by atoms with Crippen molar-refractivity contribution in [3.05, 3.63) is 0 Å². The van der Waals surface area contributed by atoms with Gasteiger partial charge in [0, 0.05) is 32.2 Å². The molecule has 5 heteroatoms. The lowest BCUT2D eigenvalue weighted by Gasteiger charge is -2.40. The Morgan fingerprint density at radius 2 is 1.78 bits per heavy atom. The number of hydrogen-bond donors (Lipinski definition) is 0. The summed E-state index contributed by atoms with van der Waals surface area (Å²) in [7, 11) is -2.97. The predicted molar refractivity (Wildman–Crippen MR) is 71.8 cm³/mol. The molecule has 3 unspecified atom stereocenters. The maximum absolute atomic E-state index is 11.8. The molecule has 0 radical (unpaired) electrons. The van der Waals surface area contributed by atoms with Gasteiger partial charge in [-0.25, -0.2) is 8.42 Å². The summed E-state index contributed by atoms with van der Waals surface area (Å²) >= 11 is 0. The smallest absolute Gasteiger partial charge is 0.213 e. The van der Waals surface area contributed by atoms with Gasteiger partial charge >= 0.3 is 0 Å². The van der Waals surface area contributed by atoms with Crippen LogP contribution in [-0.4, -0.2) is 55.6 Å². The third-order valence-electron chi connectivity index (χ3n) is 5.20. The molecule has 2 bridgehead atoms. The van der Waals surface area contributed by atoms with Gasteiger partial charge in [0.15, 0.2) is 0 Å². The van der Waals surface area contributed by atoms with E-state index in [2.05, 4.69) is 4.90 Å². The third-order valence-corrected chi connectivity index (χ3v) is 7.08. The Balaban J connectivity index is 1.58. The first kappa shape index (κ1) is 12.9. The van der Waals surface area contributed by atoms with Gasteiger partial charge in [0.05, 0.1) is 5.75 Å². The SMILES string of the molecule is CCS(=O)(=O)N1CCN(C2CC3CCC2C3)CC1. The summed E-state index contributed by atoms with van der Waals surface area (Å²) in [4.78, 5) is 2.56. The van der Waals surface area contributed by atoms with Gasteiger partial charge in [-0.2, -0.15) is 4.31 Å². The van der Waals surface area contributed by atoms with E-state index in [1.165, 1.54) is 25.7 Å². The van der Waals surface area contributed by atoms with Crippen LogP contribution in [0.5, 0.6) is 0 Å². The third kappa shape index (κ3) is 2.21. The molecule has 2 aliphatic carbocycles. The maximum atomic E-state index is 11.8. The van der Waals surface area contributed by atoms with Crippen LogP contribution in [-0.2, 0) is 10.0 Å². The summed E-state index contributed by atoms with van der Waals surface area (Å²) in [6.45, 7) is 5.01. The van der Waals surface area contributed by atoms with Gasteiger partial charge in [-0.15, -0.1) is 0 Å². The molecule has 0 aromatic heterocycles. The summed E-state index contributed by atoms with van der Waals surface area (Å²) in [6, 6.07) is 0.759. The number of piperazine rings is 1. The van der Waals surface area contributed by atoms with Gasteiger partial charge in [0.25, 0.3) is 0 Å². The van der Waals surface area contributed by atoms with Crippen LogP contribution >= 0.6 is 0 Å². The maximum Gasteiger partial charge on any atom is 0.213 e. The Bertz CT molecular complexity index is 401. The fourth-order valence-corrected chi connectivity index (χ4v) is 5.24. The Labute approximate surface area is 110 Å². The molecule has 3 aliphatic rings. The van der Waals surface area contributed by atoms with Crippen molar-refractivity contribution in [1.29, 1.82) is 0 Å². The Morgan fingerprint density at radius 3 is 2.28 bits per heavy atom. The van der Waals surface area contributed by atoms with E-state index in [0.717, 1.165) is 31.0 Å². The molecular weight excluding hydrogens is 248 g/mol. The van der Waals surface area contributed by atoms with Crippen LogP contribution < -0.4 is 0 Å². The van der Waals surface area contributed by atoms with E-state index in [1.807, 2.05) is 0 Å². The van der Waals surface area contributed by atoms with Crippen LogP contribution in [0.3, 0.4) is 0 Å². The largest absolute Gasteiger partial charge is 0.297 e. The van der Waals surface area contributed by atoms with Crippen molar-refractivity contribution in [2.75, 3.05) is 31.9 Å². The lowest BCUT2D eigenvalue weighted by atomic mass is 9.93. The average Bonchev–Trinajstić information content (AvgIpc) is 3.01. The second-order valence-corrected chi connectivity index (χ2v) is 8.34. The van der Waals surface area contributed by atoms with Crippen molar-refractivity contribution in [1.82, 2.24) is 9.21 Å². The summed E-state index contributed by atoms with van der Waals surface area (Å²) in [5, 5.41) is 0. The second kappa shape index (κ2) is 4.76. The zero-order chi connectivity index (χ0) is 12.8. The van der Waals surface area contributed by atoms with Gasteiger partial charge < -0.3 is 0 Å². The molecule has 18 heavy (non-hydrogen) atoms. The van der Waals surface area contributed by atoms with Crippen LogP contribution in [0.25, 0.3) is 0 Å². The Hall–Kier alpha value is -0.130. The van der Waals surface area contributed by atoms with Gasteiger partial charge in [-0.05, 0) is 38.0 Å². The first-order chi connectivity index (χ1) is 8.60. The molecule has 104 valence electrons. The summed E-state index contributed by atoms with van der Waals surface area (Å²) in [5.74, 6) is 2.11. The standard InChI is InChI=1S/C13H24N2O2S/c1-2-18(16,17)15-7-5-14(6-8-15)13-10-11-3-4-12(13)9-11/h11-13H,2-10H2,1H3. The van der Waals surface area contributed by atoms with E-state index in [9.17, 15) is 8.42 Å². The minimum atomic E-state index is -2.97. The minimum absolute atomic E-state index is 0.237. The molecule has 2 saturated carbocycles. The van der Waals surface area contributed by atoms with E-state index in [1.54, 1.807) is 11.2 Å². The van der Waals surface area contributed by atoms with Crippen molar-refractivity contribution in [2.24, 2.45) is 11.8 Å². The molecule has 4 nitrogen and oxygen atoms in total. The van der Waals surface area contributed by atoms with Gasteiger partial charge in [0.1, 0.15) is 0 Å². The number of fused-ring (bicyclic) bond motifs is 2. The first-order valence-electron chi connectivity index (χ1n) is 7.32. The Morgan fingerprint density at radius 1 is 1.06 bits per heavy atom. The summed E-state index contributed by atoms with van der Waals surface area (Å²) in [5.41, 5.74) is 0. The van der Waals surface area contributed by atoms with E-state index >= 15 is 0 Å². The quantitative estimate of drug-likeness (QED) is 0.773. The average molecular weight is 272 g/mol. The zero-order valence-corrected chi connectivity index (χ0v) is 12.0. The normalized spacial score (nSPS) is 38.4. The Kier molecular flexibility index (Phi) is 3.41. The monoisotopic (exact) mass is 272 g/mol. The number of rotatable bonds is 3. The minimum Gasteiger partial charge on any atom is -0.297 e. The molecule has 3 atom stereocenters. The van der Waals surface area contributed by atoms with E-state index in [4.69, 9.17) is 0 Å². The zero-order valence-electron chi connectivity index (χ0n) is 11.2. The van der Waals surface area contributed by atoms with Crippen LogP contribution in [0.2, 0.25) is 0 Å². The lowest BCUT2D eigenvalue weighted by molar-refractivity contribution is 0.101. The molecule has 1 heterocycles. The van der Waals surface area contributed by atoms with Gasteiger partial charge in [-0.1, -0.05) is 6.42 Å². The van der Waals surface area contributed by atoms with Crippen molar-refractivity contribution in [3.8, 4) is 0 Å². The number of sulfonamides is 1. The first-order valence-corrected chi connectivity index (χ1v) is 8.93. The molecular formula is C13H24N2O2S. The highest BCUT2D eigenvalue weighted by Gasteiger charge is 2.43. The highest BCUT2D eigenvalue weighted by atomic mass is 32.2. The molecule has 0 amide bonds. The van der Waals surface area contributed by atoms with E-state index in [-0.39, 0.29) is 5.75 Å². The topological polar surface area (TPSA) is 40.6 Å². The molecule has 1 saturated heterocycles. The molecule has 3 fully saturated rings. The van der Waals surface area contributed by atoms with E-state index < -0.39 is 10.0 Å². The highest BCUT2D eigenvalue weighted by molar-refractivity contribution is 7.89. The van der Waals surface area contributed by atoms with Crippen molar-refractivity contribution in [3.63, 3.8) is 0 Å². The predicted octanol–water partition coefficient (Wildman–Crippen LogP) is 1.14. The molecule has 0 spiro atoms. The van der Waals surface area contributed by atoms with Gasteiger partial charge in [0.2, 0.25) is 10.0 Å². The number of hydrogen-bond acceptors (Lipinski definition) is 3. The molecule has 1 aliphatic heterocycles. The van der Waals surface area contributed by atoms with Crippen LogP contribution in [0, 0.1) is 11.8 Å². The van der Waals surface area contributed by atoms with Gasteiger partial charge in [-0.3, -0.25) is 4.90 Å². The summed E-state index contributed by atoms with van der Waals surface area (Å²) in [6.07, 6.45) is 5.64. The van der Waals surface area contributed by atoms with Crippen LogP contribution in [0.15, 0.2) is 0 Å². The molecule has 3 rings (SSSR count). The fraction of sp³-hybridized carbons (Fsp3) is 1.00. The summed E-state index contributed by atoms with van der Waals surface area (Å²) < 4.78 is 25.3. The highest BCUT2D eigenvalue weighted by Crippen LogP contribution is 2.46. The van der Waals surface area contributed by atoms with Crippen molar-refractivity contribution in [2.45, 2.75) is 38.6 Å². The van der Waals surface area contributed by atoms with E-state index in [0.29, 0.717) is 13.1 Å². The van der Waals surface area contributed by atoms with Crippen molar-refractivity contribution < 1.29 is 8.42 Å². The van der Waals surface area contributed by atoms with Crippen LogP contribution in [0.4, 0.5) is 0 Å². The second-order valence-electron chi connectivity index (χ2n) is 6.08. The molecule has 0 aromatic rings. The lowest BCUT2D eigenvalue weighted by Crippen LogP contribution is -2.53. The van der Waals surface area contributed by atoms with Crippen molar-refractivity contribution >= 4 is 10.0 Å². The van der Waals surface area contributed by atoms with Crippen LogP contribution in [0.1, 0.15) is 32.6 Å². The molecule has 0 N–H and O–H groups in total. The fourth-order valence-electron chi connectivity index (χ4n) is 4.15.